The van der Waals surface area contributed by atoms with Gasteiger partial charge in [-0.2, -0.15) is 0 Å². The lowest BCUT2D eigenvalue weighted by Gasteiger charge is -2.19. The predicted octanol–water partition coefficient (Wildman–Crippen LogP) is 3.86. The van der Waals surface area contributed by atoms with Gasteiger partial charge in [0.1, 0.15) is 5.60 Å². The minimum atomic E-state index is -0.758. The van der Waals surface area contributed by atoms with Crippen molar-refractivity contribution in [2.45, 2.75) is 46.1 Å². The Labute approximate surface area is 130 Å². The van der Waals surface area contributed by atoms with Gasteiger partial charge in [-0.15, -0.1) is 0 Å². The zero-order valence-electron chi connectivity index (χ0n) is 13.6. The van der Waals surface area contributed by atoms with Crippen LogP contribution in [0.25, 0.3) is 0 Å². The molecule has 1 amide bonds. The average Bonchev–Trinajstić information content (AvgIpc) is 2.91. The van der Waals surface area contributed by atoms with Crippen LogP contribution in [-0.4, -0.2) is 22.8 Å². The van der Waals surface area contributed by atoms with E-state index >= 15 is 0 Å². The van der Waals surface area contributed by atoms with Crippen LogP contribution >= 0.6 is 0 Å². The summed E-state index contributed by atoms with van der Waals surface area (Å²) in [4.78, 5) is 22.9. The average molecular weight is 305 g/mol. The second kappa shape index (κ2) is 5.30. The summed E-state index contributed by atoms with van der Waals surface area (Å²) >= 11 is 0. The lowest BCUT2D eigenvalue weighted by molar-refractivity contribution is -0.139. The monoisotopic (exact) mass is 305 g/mol. The van der Waals surface area contributed by atoms with Gasteiger partial charge in [-0.25, -0.2) is 4.79 Å². The second-order valence-electron chi connectivity index (χ2n) is 7.36. The van der Waals surface area contributed by atoms with Crippen molar-refractivity contribution < 1.29 is 19.4 Å². The summed E-state index contributed by atoms with van der Waals surface area (Å²) in [5, 5.41) is 11.9. The zero-order chi connectivity index (χ0) is 16.7. The van der Waals surface area contributed by atoms with E-state index in [0.29, 0.717) is 5.69 Å². The van der Waals surface area contributed by atoms with E-state index < -0.39 is 17.7 Å². The van der Waals surface area contributed by atoms with Crippen LogP contribution < -0.4 is 5.32 Å². The number of hydrogen-bond donors (Lipinski definition) is 2. The third-order valence-electron chi connectivity index (χ3n) is 4.01. The van der Waals surface area contributed by atoms with Gasteiger partial charge in [0.2, 0.25) is 0 Å². The molecule has 1 aliphatic carbocycles. The number of carboxylic acids is 1. The molecule has 1 fully saturated rings. The van der Waals surface area contributed by atoms with Crippen LogP contribution in [0.2, 0.25) is 0 Å². The number of rotatable bonds is 3. The molecule has 0 spiro atoms. The highest BCUT2D eigenvalue weighted by Crippen LogP contribution is 2.64. The Morgan fingerprint density at radius 3 is 2.14 bits per heavy atom. The molecule has 22 heavy (non-hydrogen) atoms. The number of benzene rings is 1. The molecule has 2 unspecified atom stereocenters. The van der Waals surface area contributed by atoms with Crippen LogP contribution in [0.1, 0.15) is 46.1 Å². The maximum atomic E-state index is 11.7. The molecule has 2 N–H and O–H groups in total. The van der Waals surface area contributed by atoms with Crippen molar-refractivity contribution in [3.8, 4) is 0 Å². The molecule has 0 aromatic heterocycles. The maximum Gasteiger partial charge on any atom is 0.412 e. The van der Waals surface area contributed by atoms with E-state index in [1.165, 1.54) is 0 Å². The van der Waals surface area contributed by atoms with Gasteiger partial charge in [0.25, 0.3) is 0 Å². The highest BCUT2D eigenvalue weighted by molar-refractivity contribution is 5.85. The molecule has 5 heteroatoms. The van der Waals surface area contributed by atoms with E-state index in [9.17, 15) is 14.7 Å². The third kappa shape index (κ3) is 3.40. The SMILES string of the molecule is CC(C)(C)OC(=O)Nc1ccc(C2C(C(=O)O)C2(C)C)cc1. The van der Waals surface area contributed by atoms with Gasteiger partial charge in [0.05, 0.1) is 5.92 Å². The van der Waals surface area contributed by atoms with Crippen LogP contribution in [0.3, 0.4) is 0 Å². The molecule has 1 aromatic carbocycles. The summed E-state index contributed by atoms with van der Waals surface area (Å²) in [6, 6.07) is 7.27. The molecule has 120 valence electrons. The van der Waals surface area contributed by atoms with Crippen molar-refractivity contribution in [1.29, 1.82) is 0 Å². The molecular formula is C17H23NO4. The summed E-state index contributed by atoms with van der Waals surface area (Å²) in [5.74, 6) is -1.09. The minimum absolute atomic E-state index is 0.0144. The minimum Gasteiger partial charge on any atom is -0.481 e. The van der Waals surface area contributed by atoms with E-state index in [1.807, 2.05) is 26.0 Å². The van der Waals surface area contributed by atoms with Gasteiger partial charge < -0.3 is 9.84 Å². The number of nitrogens with one attached hydrogen (secondary N) is 1. The van der Waals surface area contributed by atoms with Gasteiger partial charge in [0, 0.05) is 11.6 Å². The Hall–Kier alpha value is -2.04. The van der Waals surface area contributed by atoms with Crippen LogP contribution in [0, 0.1) is 11.3 Å². The van der Waals surface area contributed by atoms with Crippen LogP contribution in [0.4, 0.5) is 10.5 Å². The molecule has 5 nitrogen and oxygen atoms in total. The van der Waals surface area contributed by atoms with E-state index in [2.05, 4.69) is 5.32 Å². The van der Waals surface area contributed by atoms with Gasteiger partial charge in [-0.3, -0.25) is 10.1 Å². The van der Waals surface area contributed by atoms with Gasteiger partial charge in [0.15, 0.2) is 0 Å². The zero-order valence-corrected chi connectivity index (χ0v) is 13.6. The first-order valence-electron chi connectivity index (χ1n) is 7.35. The Bertz CT molecular complexity index is 584. The van der Waals surface area contributed by atoms with Crippen LogP contribution in [0.5, 0.6) is 0 Å². The molecular weight excluding hydrogens is 282 g/mol. The largest absolute Gasteiger partial charge is 0.481 e. The Morgan fingerprint density at radius 2 is 1.73 bits per heavy atom. The molecule has 2 rings (SSSR count). The van der Waals surface area contributed by atoms with Crippen molar-refractivity contribution in [1.82, 2.24) is 0 Å². The smallest absolute Gasteiger partial charge is 0.412 e. The molecule has 0 radical (unpaired) electrons. The second-order valence-corrected chi connectivity index (χ2v) is 7.36. The Kier molecular flexibility index (Phi) is 3.94. The van der Waals surface area contributed by atoms with Crippen molar-refractivity contribution in [2.75, 3.05) is 5.32 Å². The van der Waals surface area contributed by atoms with Gasteiger partial charge in [-0.05, 0) is 43.9 Å². The summed E-state index contributed by atoms with van der Waals surface area (Å²) in [6.45, 7) is 9.33. The van der Waals surface area contributed by atoms with Crippen molar-refractivity contribution in [3.05, 3.63) is 29.8 Å². The maximum absolute atomic E-state index is 11.7. The van der Waals surface area contributed by atoms with Gasteiger partial charge >= 0.3 is 12.1 Å². The van der Waals surface area contributed by atoms with E-state index in [-0.39, 0.29) is 17.3 Å². The molecule has 2 atom stereocenters. The first-order chi connectivity index (χ1) is 10.0. The first-order valence-corrected chi connectivity index (χ1v) is 7.35. The molecule has 0 bridgehead atoms. The van der Waals surface area contributed by atoms with E-state index in [1.54, 1.807) is 32.9 Å². The summed E-state index contributed by atoms with van der Waals surface area (Å²) < 4.78 is 5.19. The normalized spacial score (nSPS) is 22.8. The molecule has 0 saturated heterocycles. The molecule has 0 aliphatic heterocycles. The Morgan fingerprint density at radius 1 is 1.18 bits per heavy atom. The fourth-order valence-corrected chi connectivity index (χ4v) is 2.92. The quantitative estimate of drug-likeness (QED) is 0.889. The number of hydrogen-bond acceptors (Lipinski definition) is 3. The molecule has 1 aliphatic rings. The number of ether oxygens (including phenoxy) is 1. The highest BCUT2D eigenvalue weighted by atomic mass is 16.6. The lowest BCUT2D eigenvalue weighted by Crippen LogP contribution is -2.27. The number of carboxylic acid groups (broad SMARTS) is 1. The van der Waals surface area contributed by atoms with Crippen LogP contribution in [-0.2, 0) is 9.53 Å². The van der Waals surface area contributed by atoms with E-state index in [4.69, 9.17) is 4.74 Å². The lowest BCUT2D eigenvalue weighted by atomic mass is 10.0. The summed E-state index contributed by atoms with van der Waals surface area (Å²) in [6.07, 6.45) is -0.504. The molecule has 1 aromatic rings. The number of carbonyl (C=O) groups is 2. The topological polar surface area (TPSA) is 75.6 Å². The summed E-state index contributed by atoms with van der Waals surface area (Å²) in [7, 11) is 0. The summed E-state index contributed by atoms with van der Waals surface area (Å²) in [5.41, 5.74) is 0.832. The fourth-order valence-electron chi connectivity index (χ4n) is 2.92. The highest BCUT2D eigenvalue weighted by Gasteiger charge is 2.62. The first kappa shape index (κ1) is 16.3. The number of aliphatic carboxylic acids is 1. The third-order valence-corrected chi connectivity index (χ3v) is 4.01. The number of anilines is 1. The number of carbonyl (C=O) groups excluding carboxylic acids is 1. The molecule has 0 heterocycles. The standard InChI is InChI=1S/C17H23NO4/c1-16(2,3)22-15(21)18-11-8-6-10(7-9-11)12-13(14(19)20)17(12,4)5/h6-9,12-13H,1-5H3,(H,18,21)(H,19,20). The van der Waals surface area contributed by atoms with Crippen LogP contribution in [0.15, 0.2) is 24.3 Å². The van der Waals surface area contributed by atoms with Crippen molar-refractivity contribution in [2.24, 2.45) is 11.3 Å². The van der Waals surface area contributed by atoms with Gasteiger partial charge in [-0.1, -0.05) is 26.0 Å². The van der Waals surface area contributed by atoms with Crippen molar-refractivity contribution >= 4 is 17.7 Å². The fraction of sp³-hybridized carbons (Fsp3) is 0.529. The van der Waals surface area contributed by atoms with E-state index in [0.717, 1.165) is 5.56 Å². The Balaban J connectivity index is 2.03. The predicted molar refractivity (Wildman–Crippen MR) is 83.9 cm³/mol. The molecule has 1 saturated carbocycles. The van der Waals surface area contributed by atoms with Crippen molar-refractivity contribution in [3.63, 3.8) is 0 Å². The number of amides is 1.